The fourth-order valence-electron chi connectivity index (χ4n) is 4.10. The van der Waals surface area contributed by atoms with Gasteiger partial charge in [0.25, 0.3) is 5.91 Å². The molecular formula is C23H23FN4O5. The standard InChI is InChI=1S/C23H23FN4O5/c1-3-26-13-16(23(31)32)21(29)14-10-17(24)19(11-18(14)26)27-6-8-28(9-7-27)22(30)15-12-25-5-4-20(15)33-2/h4-5,10-13H,3,6-9H2,1-2H3,(H,31,32). The van der Waals surface area contributed by atoms with Gasteiger partial charge in [-0.15, -0.1) is 0 Å². The molecule has 33 heavy (non-hydrogen) atoms. The number of amides is 1. The number of rotatable bonds is 5. The summed E-state index contributed by atoms with van der Waals surface area (Å²) in [6, 6.07) is 4.30. The fourth-order valence-corrected chi connectivity index (χ4v) is 4.10. The molecule has 172 valence electrons. The Morgan fingerprint density at radius 1 is 1.18 bits per heavy atom. The van der Waals surface area contributed by atoms with Crippen molar-refractivity contribution in [2.45, 2.75) is 13.5 Å². The van der Waals surface area contributed by atoms with Crippen LogP contribution in [0, 0.1) is 5.82 Å². The molecule has 1 saturated heterocycles. The lowest BCUT2D eigenvalue weighted by atomic mass is 10.1. The number of fused-ring (bicyclic) bond motifs is 1. The number of carbonyl (C=O) groups excluding carboxylic acids is 1. The summed E-state index contributed by atoms with van der Waals surface area (Å²) in [5.41, 5.74) is 0.0233. The van der Waals surface area contributed by atoms with Crippen LogP contribution in [-0.4, -0.2) is 64.7 Å². The molecule has 1 fully saturated rings. The first kappa shape index (κ1) is 22.3. The number of nitrogens with zero attached hydrogens (tertiary/aromatic N) is 4. The van der Waals surface area contributed by atoms with Crippen LogP contribution in [0.25, 0.3) is 10.9 Å². The minimum absolute atomic E-state index is 0.0236. The number of anilines is 1. The zero-order chi connectivity index (χ0) is 23.7. The molecule has 1 aliphatic rings. The minimum atomic E-state index is -1.35. The maximum Gasteiger partial charge on any atom is 0.341 e. The lowest BCUT2D eigenvalue weighted by Crippen LogP contribution is -2.49. The SMILES string of the molecule is CCn1cc(C(=O)O)c(=O)c2cc(F)c(N3CCN(C(=O)c4cnccc4OC)CC3)cc21. The molecule has 3 aromatic rings. The van der Waals surface area contributed by atoms with Crippen molar-refractivity contribution in [1.29, 1.82) is 0 Å². The van der Waals surface area contributed by atoms with Gasteiger partial charge in [0.15, 0.2) is 0 Å². The number of carbonyl (C=O) groups is 2. The van der Waals surface area contributed by atoms with Crippen LogP contribution in [-0.2, 0) is 6.54 Å². The van der Waals surface area contributed by atoms with E-state index in [1.165, 1.54) is 19.5 Å². The first-order valence-corrected chi connectivity index (χ1v) is 10.5. The zero-order valence-electron chi connectivity index (χ0n) is 18.2. The smallest absolute Gasteiger partial charge is 0.341 e. The molecule has 4 rings (SSSR count). The number of hydrogen-bond donors (Lipinski definition) is 1. The summed E-state index contributed by atoms with van der Waals surface area (Å²) in [5, 5.41) is 9.32. The molecule has 0 aliphatic carbocycles. The van der Waals surface area contributed by atoms with Gasteiger partial charge in [-0.2, -0.15) is 0 Å². The number of piperazine rings is 1. The molecule has 0 spiro atoms. The van der Waals surface area contributed by atoms with Crippen molar-refractivity contribution in [1.82, 2.24) is 14.5 Å². The molecule has 1 N–H and O–H groups in total. The topological polar surface area (TPSA) is 105 Å². The van der Waals surface area contributed by atoms with Gasteiger partial charge in [0.2, 0.25) is 5.43 Å². The van der Waals surface area contributed by atoms with Crippen molar-refractivity contribution < 1.29 is 23.8 Å². The summed E-state index contributed by atoms with van der Waals surface area (Å²) in [6.07, 6.45) is 4.30. The van der Waals surface area contributed by atoms with Crippen molar-refractivity contribution in [3.8, 4) is 5.75 Å². The van der Waals surface area contributed by atoms with Crippen molar-refractivity contribution in [3.63, 3.8) is 0 Å². The van der Waals surface area contributed by atoms with E-state index in [0.29, 0.717) is 55.2 Å². The lowest BCUT2D eigenvalue weighted by Gasteiger charge is -2.36. The average Bonchev–Trinajstić information content (AvgIpc) is 2.83. The van der Waals surface area contributed by atoms with Crippen LogP contribution in [0.3, 0.4) is 0 Å². The third-order valence-corrected chi connectivity index (χ3v) is 5.86. The van der Waals surface area contributed by atoms with Crippen LogP contribution in [0.5, 0.6) is 5.75 Å². The number of benzene rings is 1. The van der Waals surface area contributed by atoms with E-state index in [9.17, 15) is 19.5 Å². The number of aromatic nitrogens is 2. The highest BCUT2D eigenvalue weighted by Crippen LogP contribution is 2.27. The average molecular weight is 454 g/mol. The van der Waals surface area contributed by atoms with Gasteiger partial charge in [-0.1, -0.05) is 0 Å². The molecule has 1 amide bonds. The summed E-state index contributed by atoms with van der Waals surface area (Å²) >= 11 is 0. The molecule has 0 atom stereocenters. The summed E-state index contributed by atoms with van der Waals surface area (Å²) < 4.78 is 21.9. The van der Waals surface area contributed by atoms with Crippen molar-refractivity contribution >= 4 is 28.5 Å². The van der Waals surface area contributed by atoms with E-state index in [4.69, 9.17) is 4.74 Å². The summed E-state index contributed by atoms with van der Waals surface area (Å²) in [6.45, 7) is 3.74. The van der Waals surface area contributed by atoms with Crippen LogP contribution >= 0.6 is 0 Å². The van der Waals surface area contributed by atoms with Crippen molar-refractivity contribution in [2.24, 2.45) is 0 Å². The summed E-state index contributed by atoms with van der Waals surface area (Å²) in [5.74, 6) is -1.73. The molecule has 1 aromatic carbocycles. The van der Waals surface area contributed by atoms with Gasteiger partial charge in [0.05, 0.1) is 23.9 Å². The van der Waals surface area contributed by atoms with E-state index in [2.05, 4.69) is 4.98 Å². The Hall–Kier alpha value is -3.95. The molecule has 9 nitrogen and oxygen atoms in total. The van der Waals surface area contributed by atoms with Crippen LogP contribution in [0.15, 0.2) is 41.6 Å². The van der Waals surface area contributed by atoms with Crippen molar-refractivity contribution in [3.05, 3.63) is 64.0 Å². The van der Waals surface area contributed by atoms with Crippen molar-refractivity contribution in [2.75, 3.05) is 38.2 Å². The van der Waals surface area contributed by atoms with Crippen LogP contribution in [0.4, 0.5) is 10.1 Å². The molecule has 0 radical (unpaired) electrons. The quantitative estimate of drug-likeness (QED) is 0.630. The Labute approximate surface area is 188 Å². The number of methoxy groups -OCH3 is 1. The summed E-state index contributed by atoms with van der Waals surface area (Å²) in [7, 11) is 1.49. The Bertz CT molecular complexity index is 1300. The number of aryl methyl sites for hydroxylation is 1. The number of hydrogen-bond acceptors (Lipinski definition) is 6. The van der Waals surface area contributed by atoms with E-state index in [0.717, 1.165) is 6.07 Å². The highest BCUT2D eigenvalue weighted by atomic mass is 19.1. The number of pyridine rings is 2. The number of aromatic carboxylic acids is 1. The second kappa shape index (κ2) is 8.89. The van der Waals surface area contributed by atoms with Gasteiger partial charge in [-0.3, -0.25) is 14.6 Å². The van der Waals surface area contributed by atoms with Gasteiger partial charge in [-0.25, -0.2) is 9.18 Å². The van der Waals surface area contributed by atoms with Gasteiger partial charge >= 0.3 is 5.97 Å². The van der Waals surface area contributed by atoms with Crippen LogP contribution in [0.2, 0.25) is 0 Å². The molecular weight excluding hydrogens is 431 g/mol. The van der Waals surface area contributed by atoms with E-state index in [-0.39, 0.29) is 11.3 Å². The number of ether oxygens (including phenoxy) is 1. The first-order valence-electron chi connectivity index (χ1n) is 10.5. The molecule has 0 unspecified atom stereocenters. The number of carboxylic acid groups (broad SMARTS) is 1. The van der Waals surface area contributed by atoms with E-state index >= 15 is 4.39 Å². The molecule has 3 heterocycles. The maximum absolute atomic E-state index is 15.0. The molecule has 2 aromatic heterocycles. The second-order valence-electron chi connectivity index (χ2n) is 7.64. The molecule has 1 aliphatic heterocycles. The Morgan fingerprint density at radius 3 is 2.55 bits per heavy atom. The van der Waals surface area contributed by atoms with E-state index in [1.54, 1.807) is 27.8 Å². The number of halogens is 1. The van der Waals surface area contributed by atoms with Gasteiger partial charge in [0, 0.05) is 56.7 Å². The lowest BCUT2D eigenvalue weighted by molar-refractivity contribution is 0.0693. The largest absolute Gasteiger partial charge is 0.496 e. The summed E-state index contributed by atoms with van der Waals surface area (Å²) in [4.78, 5) is 44.3. The third kappa shape index (κ3) is 3.99. The minimum Gasteiger partial charge on any atom is -0.496 e. The zero-order valence-corrected chi connectivity index (χ0v) is 18.2. The maximum atomic E-state index is 15.0. The van der Waals surface area contributed by atoms with Gasteiger partial charge < -0.3 is 24.2 Å². The predicted octanol–water partition coefficient (Wildman–Crippen LogP) is 2.22. The Kier molecular flexibility index (Phi) is 5.99. The molecule has 0 saturated carbocycles. The fraction of sp³-hybridized carbons (Fsp3) is 0.304. The van der Waals surface area contributed by atoms with E-state index < -0.39 is 22.8 Å². The van der Waals surface area contributed by atoms with Crippen LogP contribution < -0.4 is 15.1 Å². The predicted molar refractivity (Wildman–Crippen MR) is 120 cm³/mol. The highest BCUT2D eigenvalue weighted by Gasteiger charge is 2.26. The van der Waals surface area contributed by atoms with Gasteiger partial charge in [0.1, 0.15) is 17.1 Å². The highest BCUT2D eigenvalue weighted by molar-refractivity contribution is 5.97. The van der Waals surface area contributed by atoms with Crippen LogP contribution in [0.1, 0.15) is 27.6 Å². The normalized spacial score (nSPS) is 13.9. The second-order valence-corrected chi connectivity index (χ2v) is 7.64. The first-order chi connectivity index (χ1) is 15.8. The molecule has 10 heteroatoms. The Morgan fingerprint density at radius 2 is 1.91 bits per heavy atom. The van der Waals surface area contributed by atoms with Gasteiger partial charge in [-0.05, 0) is 25.1 Å². The number of carboxylic acids is 1. The molecule has 0 bridgehead atoms. The Balaban J connectivity index is 1.61. The monoisotopic (exact) mass is 454 g/mol. The third-order valence-electron chi connectivity index (χ3n) is 5.86. The van der Waals surface area contributed by atoms with E-state index in [1.807, 2.05) is 11.8 Å².